The molecular formula is C23H36O4Si. The van der Waals surface area contributed by atoms with Gasteiger partial charge in [0, 0.05) is 19.3 Å². The highest BCUT2D eigenvalue weighted by atomic mass is 28.4. The van der Waals surface area contributed by atoms with Gasteiger partial charge in [0.25, 0.3) is 0 Å². The van der Waals surface area contributed by atoms with Crippen LogP contribution in [-0.2, 0) is 24.1 Å². The van der Waals surface area contributed by atoms with E-state index in [1.807, 2.05) is 13.8 Å². The molecule has 0 radical (unpaired) electrons. The first-order valence-corrected chi connectivity index (χ1v) is 12.5. The van der Waals surface area contributed by atoms with Crippen LogP contribution in [0.2, 0.25) is 0 Å². The van der Waals surface area contributed by atoms with Crippen molar-refractivity contribution in [1.29, 1.82) is 0 Å². The molecule has 1 unspecified atom stereocenters. The van der Waals surface area contributed by atoms with E-state index < -0.39 is 8.80 Å². The van der Waals surface area contributed by atoms with Crippen molar-refractivity contribution in [3.63, 3.8) is 0 Å². The molecule has 0 saturated carbocycles. The van der Waals surface area contributed by atoms with Crippen molar-refractivity contribution in [2.24, 2.45) is 0 Å². The van der Waals surface area contributed by atoms with E-state index in [9.17, 15) is 0 Å². The molecule has 2 rings (SSSR count). The summed E-state index contributed by atoms with van der Waals surface area (Å²) in [6, 6.07) is 15.5. The van der Waals surface area contributed by atoms with E-state index in [0.717, 1.165) is 19.3 Å². The maximum atomic E-state index is 6.53. The van der Waals surface area contributed by atoms with Crippen LogP contribution in [0.15, 0.2) is 42.5 Å². The zero-order chi connectivity index (χ0) is 20.4. The van der Waals surface area contributed by atoms with Gasteiger partial charge in [-0.3, -0.25) is 0 Å². The summed E-state index contributed by atoms with van der Waals surface area (Å²) >= 11 is 0. The Morgan fingerprint density at radius 2 is 1.50 bits per heavy atom. The van der Waals surface area contributed by atoms with Crippen LogP contribution in [0.5, 0.6) is 0 Å². The van der Waals surface area contributed by atoms with Crippen LogP contribution in [0.3, 0.4) is 0 Å². The second-order valence-corrected chi connectivity index (χ2v) is 9.87. The Bertz CT molecular complexity index is 691. The van der Waals surface area contributed by atoms with Crippen LogP contribution >= 0.6 is 0 Å². The molecule has 156 valence electrons. The van der Waals surface area contributed by atoms with E-state index in [2.05, 4.69) is 63.2 Å². The topological polar surface area (TPSA) is 36.9 Å². The highest BCUT2D eigenvalue weighted by Gasteiger charge is 2.44. The minimum absolute atomic E-state index is 0.0894. The molecule has 0 bridgehead atoms. The summed E-state index contributed by atoms with van der Waals surface area (Å²) in [5, 5.41) is 2.45. The Labute approximate surface area is 171 Å². The molecule has 0 aliphatic rings. The maximum Gasteiger partial charge on any atom is 0.507 e. The van der Waals surface area contributed by atoms with Crippen molar-refractivity contribution in [2.45, 2.75) is 72.3 Å². The largest absolute Gasteiger partial charge is 0.507 e. The van der Waals surface area contributed by atoms with Gasteiger partial charge in [-0.1, -0.05) is 63.2 Å². The summed E-state index contributed by atoms with van der Waals surface area (Å²) in [6.07, 6.45) is 2.37. The predicted molar refractivity (Wildman–Crippen MR) is 117 cm³/mol. The monoisotopic (exact) mass is 404 g/mol. The Kier molecular flexibility index (Phi) is 9.61. The van der Waals surface area contributed by atoms with E-state index in [1.54, 1.807) is 0 Å². The SMILES string of the molecule is CCCO[Si](Cc1cccc2ccccc12)(OCCC)OC(CC)OC(C)C. The first-order chi connectivity index (χ1) is 13.5. The molecular weight excluding hydrogens is 368 g/mol. The lowest BCUT2D eigenvalue weighted by Crippen LogP contribution is -2.52. The normalized spacial score (nSPS) is 13.4. The Balaban J connectivity index is 2.38. The third-order valence-electron chi connectivity index (χ3n) is 4.41. The van der Waals surface area contributed by atoms with E-state index in [4.69, 9.17) is 18.0 Å². The number of hydrogen-bond donors (Lipinski definition) is 0. The van der Waals surface area contributed by atoms with Gasteiger partial charge in [-0.15, -0.1) is 0 Å². The van der Waals surface area contributed by atoms with Gasteiger partial charge in [-0.05, 0) is 49.4 Å². The van der Waals surface area contributed by atoms with Crippen molar-refractivity contribution in [3.05, 3.63) is 48.0 Å². The smallest absolute Gasteiger partial charge is 0.373 e. The van der Waals surface area contributed by atoms with Crippen molar-refractivity contribution in [1.82, 2.24) is 0 Å². The van der Waals surface area contributed by atoms with Gasteiger partial charge >= 0.3 is 8.80 Å². The van der Waals surface area contributed by atoms with Crippen LogP contribution in [0.25, 0.3) is 10.8 Å². The second kappa shape index (κ2) is 11.7. The molecule has 1 atom stereocenters. The fraction of sp³-hybridized carbons (Fsp3) is 0.565. The van der Waals surface area contributed by atoms with Gasteiger partial charge in [0.2, 0.25) is 0 Å². The number of hydrogen-bond acceptors (Lipinski definition) is 4. The summed E-state index contributed by atoms with van der Waals surface area (Å²) in [5.74, 6) is 0. The molecule has 0 aromatic heterocycles. The molecule has 0 aliphatic heterocycles. The minimum Gasteiger partial charge on any atom is -0.373 e. The number of ether oxygens (including phenoxy) is 1. The van der Waals surface area contributed by atoms with Crippen LogP contribution in [0.1, 0.15) is 59.4 Å². The van der Waals surface area contributed by atoms with Crippen LogP contribution in [-0.4, -0.2) is 34.4 Å². The molecule has 4 nitrogen and oxygen atoms in total. The molecule has 0 spiro atoms. The van der Waals surface area contributed by atoms with Gasteiger partial charge in [-0.25, -0.2) is 0 Å². The number of fused-ring (bicyclic) bond motifs is 1. The van der Waals surface area contributed by atoms with Crippen molar-refractivity contribution < 1.29 is 18.0 Å². The third kappa shape index (κ3) is 6.67. The molecule has 0 heterocycles. The van der Waals surface area contributed by atoms with Crippen molar-refractivity contribution in [3.8, 4) is 0 Å². The first kappa shape index (κ1) is 23.0. The van der Waals surface area contributed by atoms with Crippen molar-refractivity contribution in [2.75, 3.05) is 13.2 Å². The van der Waals surface area contributed by atoms with Crippen LogP contribution in [0, 0.1) is 0 Å². The van der Waals surface area contributed by atoms with Gasteiger partial charge in [0.05, 0.1) is 6.10 Å². The molecule has 28 heavy (non-hydrogen) atoms. The molecule has 5 heteroatoms. The van der Waals surface area contributed by atoms with Gasteiger partial charge < -0.3 is 18.0 Å². The Hall–Kier alpha value is -1.24. The lowest BCUT2D eigenvalue weighted by molar-refractivity contribution is -0.142. The highest BCUT2D eigenvalue weighted by molar-refractivity contribution is 6.60. The van der Waals surface area contributed by atoms with Gasteiger partial charge in [-0.2, -0.15) is 0 Å². The summed E-state index contributed by atoms with van der Waals surface area (Å²) in [4.78, 5) is 0. The molecule has 0 saturated heterocycles. The molecule has 0 N–H and O–H groups in total. The fourth-order valence-electron chi connectivity index (χ4n) is 3.16. The van der Waals surface area contributed by atoms with Gasteiger partial charge in [0.1, 0.15) is 0 Å². The quantitative estimate of drug-likeness (QED) is 0.308. The predicted octanol–water partition coefficient (Wildman–Crippen LogP) is 5.89. The number of benzene rings is 2. The zero-order valence-corrected chi connectivity index (χ0v) is 19.1. The standard InChI is InChI=1S/C23H36O4Si/c1-6-16-24-28(25-17-7-2,27-23(8-3)26-19(4)5)18-21-14-11-13-20-12-9-10-15-22(20)21/h9-15,19,23H,6-8,16-18H2,1-5H3. The Morgan fingerprint density at radius 3 is 2.11 bits per heavy atom. The summed E-state index contributed by atoms with van der Waals surface area (Å²) in [7, 11) is -2.97. The average molecular weight is 405 g/mol. The van der Waals surface area contributed by atoms with Crippen LogP contribution < -0.4 is 0 Å². The van der Waals surface area contributed by atoms with E-state index >= 15 is 0 Å². The average Bonchev–Trinajstić information content (AvgIpc) is 2.70. The van der Waals surface area contributed by atoms with E-state index in [1.165, 1.54) is 16.3 Å². The lowest BCUT2D eigenvalue weighted by Gasteiger charge is -2.34. The highest BCUT2D eigenvalue weighted by Crippen LogP contribution is 2.26. The summed E-state index contributed by atoms with van der Waals surface area (Å²) in [5.41, 5.74) is 1.20. The van der Waals surface area contributed by atoms with E-state index in [0.29, 0.717) is 19.3 Å². The fourth-order valence-corrected chi connectivity index (χ4v) is 6.09. The molecule has 0 amide bonds. The maximum absolute atomic E-state index is 6.53. The molecule has 0 aliphatic carbocycles. The summed E-state index contributed by atoms with van der Waals surface area (Å²) < 4.78 is 25.2. The van der Waals surface area contributed by atoms with Crippen molar-refractivity contribution >= 4 is 19.6 Å². The first-order valence-electron chi connectivity index (χ1n) is 10.6. The molecule has 0 fully saturated rings. The third-order valence-corrected chi connectivity index (χ3v) is 7.13. The lowest BCUT2D eigenvalue weighted by atomic mass is 10.1. The van der Waals surface area contributed by atoms with Crippen LogP contribution in [0.4, 0.5) is 0 Å². The van der Waals surface area contributed by atoms with Gasteiger partial charge in [0.15, 0.2) is 6.29 Å². The second-order valence-electron chi connectivity index (χ2n) is 7.34. The molecule has 2 aromatic carbocycles. The Morgan fingerprint density at radius 1 is 0.857 bits per heavy atom. The molecule has 2 aromatic rings. The summed E-state index contributed by atoms with van der Waals surface area (Å²) in [6.45, 7) is 11.6. The zero-order valence-electron chi connectivity index (χ0n) is 18.1. The number of rotatable bonds is 13. The van der Waals surface area contributed by atoms with E-state index in [-0.39, 0.29) is 12.4 Å². The minimum atomic E-state index is -2.97.